The third kappa shape index (κ3) is 1.96. The van der Waals surface area contributed by atoms with E-state index in [1.165, 1.54) is 6.07 Å². The molecule has 1 fully saturated rings. The van der Waals surface area contributed by atoms with E-state index >= 15 is 0 Å². The molecule has 0 saturated carbocycles. The first-order valence-corrected chi connectivity index (χ1v) is 4.80. The Hall–Kier alpha value is -1.29. The fourth-order valence-electron chi connectivity index (χ4n) is 1.78. The lowest BCUT2D eigenvalue weighted by Crippen LogP contribution is -2.28. The number of rotatable bonds is 1. The molecule has 4 heteroatoms. The summed E-state index contributed by atoms with van der Waals surface area (Å²) in [5, 5.41) is 12.5. The second-order valence-corrected chi connectivity index (χ2v) is 3.58. The van der Waals surface area contributed by atoms with Crippen molar-refractivity contribution in [3.63, 3.8) is 0 Å². The van der Waals surface area contributed by atoms with Crippen LogP contribution in [-0.2, 0) is 0 Å². The standard InChI is InChI=1S/C10H13NO3/c12-8-4-9(14-10(13)5-8)7-2-1-3-11-6-7/h4-5,7,11-12H,1-3,6H2. The molecule has 2 rings (SSSR count). The van der Waals surface area contributed by atoms with Gasteiger partial charge in [0, 0.05) is 18.5 Å². The fraction of sp³-hybridized carbons (Fsp3) is 0.500. The lowest BCUT2D eigenvalue weighted by atomic mass is 9.97. The molecular formula is C10H13NO3. The molecule has 2 N–H and O–H groups in total. The van der Waals surface area contributed by atoms with Gasteiger partial charge >= 0.3 is 5.63 Å². The largest absolute Gasteiger partial charge is 0.508 e. The van der Waals surface area contributed by atoms with Crippen molar-refractivity contribution in [2.24, 2.45) is 0 Å². The highest BCUT2D eigenvalue weighted by molar-refractivity contribution is 5.21. The van der Waals surface area contributed by atoms with Crippen LogP contribution in [0.4, 0.5) is 0 Å². The first-order valence-electron chi connectivity index (χ1n) is 4.80. The predicted molar refractivity (Wildman–Crippen MR) is 51.5 cm³/mol. The Bertz CT molecular complexity index is 366. The molecule has 76 valence electrons. The molecule has 1 unspecified atom stereocenters. The van der Waals surface area contributed by atoms with E-state index in [-0.39, 0.29) is 11.7 Å². The Morgan fingerprint density at radius 3 is 3.00 bits per heavy atom. The molecule has 0 radical (unpaired) electrons. The van der Waals surface area contributed by atoms with Crippen LogP contribution in [0, 0.1) is 0 Å². The molecule has 0 aliphatic carbocycles. The third-order valence-electron chi connectivity index (χ3n) is 2.47. The van der Waals surface area contributed by atoms with E-state index < -0.39 is 5.63 Å². The molecule has 4 nitrogen and oxygen atoms in total. The van der Waals surface area contributed by atoms with E-state index in [2.05, 4.69) is 5.32 Å². The molecule has 0 spiro atoms. The normalized spacial score (nSPS) is 22.1. The second-order valence-electron chi connectivity index (χ2n) is 3.58. The lowest BCUT2D eigenvalue weighted by molar-refractivity contribution is 0.358. The van der Waals surface area contributed by atoms with Crippen LogP contribution in [0.1, 0.15) is 24.5 Å². The zero-order valence-electron chi connectivity index (χ0n) is 7.82. The van der Waals surface area contributed by atoms with Crippen molar-refractivity contribution in [1.82, 2.24) is 5.32 Å². The molecule has 2 heterocycles. The Labute approximate surface area is 81.6 Å². The molecule has 0 bridgehead atoms. The van der Waals surface area contributed by atoms with Gasteiger partial charge in [-0.1, -0.05) is 0 Å². The van der Waals surface area contributed by atoms with Crippen molar-refractivity contribution >= 4 is 0 Å². The molecule has 1 aromatic rings. The van der Waals surface area contributed by atoms with Gasteiger partial charge in [-0.2, -0.15) is 0 Å². The summed E-state index contributed by atoms with van der Waals surface area (Å²) in [7, 11) is 0. The molecule has 14 heavy (non-hydrogen) atoms. The minimum Gasteiger partial charge on any atom is -0.508 e. The van der Waals surface area contributed by atoms with Gasteiger partial charge in [0.05, 0.1) is 6.07 Å². The number of nitrogens with one attached hydrogen (secondary N) is 1. The van der Waals surface area contributed by atoms with Crippen molar-refractivity contribution in [3.05, 3.63) is 28.3 Å². The summed E-state index contributed by atoms with van der Waals surface area (Å²) >= 11 is 0. The van der Waals surface area contributed by atoms with E-state index in [4.69, 9.17) is 4.42 Å². The van der Waals surface area contributed by atoms with E-state index in [0.29, 0.717) is 5.76 Å². The van der Waals surface area contributed by atoms with Crippen LogP contribution in [0.5, 0.6) is 5.75 Å². The Morgan fingerprint density at radius 1 is 1.50 bits per heavy atom. The zero-order valence-corrected chi connectivity index (χ0v) is 7.82. The summed E-state index contributed by atoms with van der Waals surface area (Å²) in [5.74, 6) is 0.785. The fourth-order valence-corrected chi connectivity index (χ4v) is 1.78. The van der Waals surface area contributed by atoms with Gasteiger partial charge < -0.3 is 14.8 Å². The summed E-state index contributed by atoms with van der Waals surface area (Å²) in [6, 6.07) is 2.61. The maximum atomic E-state index is 11.0. The summed E-state index contributed by atoms with van der Waals surface area (Å²) < 4.78 is 5.04. The maximum absolute atomic E-state index is 11.0. The van der Waals surface area contributed by atoms with E-state index in [1.54, 1.807) is 0 Å². The Morgan fingerprint density at radius 2 is 2.36 bits per heavy atom. The number of hydrogen-bond donors (Lipinski definition) is 2. The van der Waals surface area contributed by atoms with Gasteiger partial charge in [-0.3, -0.25) is 0 Å². The van der Waals surface area contributed by atoms with Crippen LogP contribution in [0.15, 0.2) is 21.3 Å². The van der Waals surface area contributed by atoms with Crippen LogP contribution < -0.4 is 10.9 Å². The lowest BCUT2D eigenvalue weighted by Gasteiger charge is -2.21. The highest BCUT2D eigenvalue weighted by Gasteiger charge is 2.18. The smallest absolute Gasteiger partial charge is 0.339 e. The van der Waals surface area contributed by atoms with Gasteiger partial charge in [-0.25, -0.2) is 4.79 Å². The number of hydrogen-bond acceptors (Lipinski definition) is 4. The Kier molecular flexibility index (Phi) is 2.54. The minimum atomic E-state index is -0.481. The summed E-state index contributed by atoms with van der Waals surface area (Å²) in [6.45, 7) is 1.83. The van der Waals surface area contributed by atoms with E-state index in [9.17, 15) is 9.90 Å². The van der Waals surface area contributed by atoms with Crippen molar-refractivity contribution in [1.29, 1.82) is 0 Å². The van der Waals surface area contributed by atoms with Crippen LogP contribution >= 0.6 is 0 Å². The monoisotopic (exact) mass is 195 g/mol. The van der Waals surface area contributed by atoms with Crippen LogP contribution in [0.25, 0.3) is 0 Å². The van der Waals surface area contributed by atoms with Gasteiger partial charge in [0.15, 0.2) is 0 Å². The number of piperidine rings is 1. The first kappa shape index (κ1) is 9.27. The number of aromatic hydroxyl groups is 1. The van der Waals surface area contributed by atoms with Gasteiger partial charge in [-0.15, -0.1) is 0 Å². The molecule has 1 atom stereocenters. The molecule has 1 aliphatic rings. The molecule has 0 aromatic carbocycles. The third-order valence-corrected chi connectivity index (χ3v) is 2.47. The van der Waals surface area contributed by atoms with Gasteiger partial charge in [0.2, 0.25) is 0 Å². The molecular weight excluding hydrogens is 182 g/mol. The van der Waals surface area contributed by atoms with Crippen LogP contribution in [0.2, 0.25) is 0 Å². The highest BCUT2D eigenvalue weighted by Crippen LogP contribution is 2.24. The average Bonchev–Trinajstić information content (AvgIpc) is 2.18. The molecule has 1 saturated heterocycles. The second kappa shape index (κ2) is 3.84. The first-order chi connectivity index (χ1) is 6.75. The minimum absolute atomic E-state index is 0.0122. The quantitative estimate of drug-likeness (QED) is 0.696. The van der Waals surface area contributed by atoms with Crippen LogP contribution in [0.3, 0.4) is 0 Å². The predicted octanol–water partition coefficient (Wildman–Crippen LogP) is 0.812. The molecule has 1 aliphatic heterocycles. The Balaban J connectivity index is 2.26. The van der Waals surface area contributed by atoms with Crippen LogP contribution in [-0.4, -0.2) is 18.2 Å². The topological polar surface area (TPSA) is 62.5 Å². The highest BCUT2D eigenvalue weighted by atomic mass is 16.4. The van der Waals surface area contributed by atoms with Crippen molar-refractivity contribution in [2.45, 2.75) is 18.8 Å². The van der Waals surface area contributed by atoms with Crippen molar-refractivity contribution in [2.75, 3.05) is 13.1 Å². The summed E-state index contributed by atoms with van der Waals surface area (Å²) in [6.07, 6.45) is 2.07. The maximum Gasteiger partial charge on any atom is 0.339 e. The summed E-state index contributed by atoms with van der Waals surface area (Å²) in [5.41, 5.74) is -0.481. The SMILES string of the molecule is O=c1cc(O)cc(C2CCCNC2)o1. The van der Waals surface area contributed by atoms with E-state index in [1.807, 2.05) is 0 Å². The summed E-state index contributed by atoms with van der Waals surface area (Å²) in [4.78, 5) is 11.0. The molecule has 0 amide bonds. The molecule has 1 aromatic heterocycles. The van der Waals surface area contributed by atoms with Gasteiger partial charge in [0.25, 0.3) is 0 Å². The zero-order chi connectivity index (χ0) is 9.97. The van der Waals surface area contributed by atoms with Gasteiger partial charge in [-0.05, 0) is 19.4 Å². The van der Waals surface area contributed by atoms with Gasteiger partial charge in [0.1, 0.15) is 11.5 Å². The van der Waals surface area contributed by atoms with Crippen molar-refractivity contribution < 1.29 is 9.52 Å². The average molecular weight is 195 g/mol. The van der Waals surface area contributed by atoms with Crippen molar-refractivity contribution in [3.8, 4) is 5.75 Å². The van der Waals surface area contributed by atoms with E-state index in [0.717, 1.165) is 32.0 Å².